The van der Waals surface area contributed by atoms with Crippen LogP contribution in [0.15, 0.2) is 41.3 Å². The van der Waals surface area contributed by atoms with Gasteiger partial charge in [0.2, 0.25) is 0 Å². The van der Waals surface area contributed by atoms with Gasteiger partial charge in [-0.05, 0) is 55.8 Å². The van der Waals surface area contributed by atoms with E-state index in [1.165, 1.54) is 17.4 Å². The Morgan fingerprint density at radius 3 is 2.67 bits per heavy atom. The Kier molecular flexibility index (Phi) is 5.41. The SMILES string of the molecule is Cc1cc(Cl)ccc1O[C@@H](C)C(=O)Nc1nc2ccc(S(C)(=O)=O)cc2s1. The highest BCUT2D eigenvalue weighted by molar-refractivity contribution is 7.90. The molecule has 3 rings (SSSR count). The number of carbonyl (C=O) groups excluding carboxylic acids is 1. The molecule has 0 aliphatic carbocycles. The molecule has 27 heavy (non-hydrogen) atoms. The summed E-state index contributed by atoms with van der Waals surface area (Å²) in [4.78, 5) is 16.9. The average Bonchev–Trinajstić information content (AvgIpc) is 2.97. The number of carbonyl (C=O) groups is 1. The number of benzene rings is 2. The Hall–Kier alpha value is -2.16. The summed E-state index contributed by atoms with van der Waals surface area (Å²) in [5.74, 6) is 0.218. The lowest BCUT2D eigenvalue weighted by Crippen LogP contribution is -2.30. The molecule has 1 amide bonds. The third kappa shape index (κ3) is 4.58. The number of hydrogen-bond donors (Lipinski definition) is 1. The van der Waals surface area contributed by atoms with E-state index in [9.17, 15) is 13.2 Å². The van der Waals surface area contributed by atoms with E-state index >= 15 is 0 Å². The third-order valence-electron chi connectivity index (χ3n) is 3.83. The number of rotatable bonds is 5. The monoisotopic (exact) mass is 424 g/mol. The zero-order valence-corrected chi connectivity index (χ0v) is 17.2. The first kappa shape index (κ1) is 19.6. The Labute approximate surface area is 166 Å². The van der Waals surface area contributed by atoms with Gasteiger partial charge in [-0.25, -0.2) is 13.4 Å². The maximum absolute atomic E-state index is 12.4. The molecule has 0 saturated heterocycles. The summed E-state index contributed by atoms with van der Waals surface area (Å²) in [6.45, 7) is 3.48. The topological polar surface area (TPSA) is 85.4 Å². The number of aromatic nitrogens is 1. The number of fused-ring (bicyclic) bond motifs is 1. The normalized spacial score (nSPS) is 12.7. The molecule has 1 heterocycles. The van der Waals surface area contributed by atoms with E-state index in [1.807, 2.05) is 6.92 Å². The van der Waals surface area contributed by atoms with Gasteiger partial charge in [-0.2, -0.15) is 0 Å². The van der Waals surface area contributed by atoms with Crippen molar-refractivity contribution in [2.45, 2.75) is 24.8 Å². The van der Waals surface area contributed by atoms with Gasteiger partial charge >= 0.3 is 0 Å². The molecule has 0 aliphatic rings. The molecule has 1 aromatic heterocycles. The average molecular weight is 425 g/mol. The fourth-order valence-corrected chi connectivity index (χ4v) is 4.24. The van der Waals surface area contributed by atoms with Crippen molar-refractivity contribution in [3.8, 4) is 5.75 Å². The van der Waals surface area contributed by atoms with E-state index in [2.05, 4.69) is 10.3 Å². The van der Waals surface area contributed by atoms with Gasteiger partial charge in [0.25, 0.3) is 5.91 Å². The van der Waals surface area contributed by atoms with Crippen LogP contribution < -0.4 is 10.1 Å². The molecule has 6 nitrogen and oxygen atoms in total. The zero-order chi connectivity index (χ0) is 19.8. The number of aryl methyl sites for hydroxylation is 1. The number of hydrogen-bond acceptors (Lipinski definition) is 6. The van der Waals surface area contributed by atoms with Crippen molar-refractivity contribution in [1.29, 1.82) is 0 Å². The second-order valence-electron chi connectivity index (χ2n) is 6.08. The van der Waals surface area contributed by atoms with Crippen molar-refractivity contribution in [2.75, 3.05) is 11.6 Å². The van der Waals surface area contributed by atoms with E-state index < -0.39 is 15.9 Å². The number of halogens is 1. The minimum atomic E-state index is -3.30. The summed E-state index contributed by atoms with van der Waals surface area (Å²) < 4.78 is 29.7. The van der Waals surface area contributed by atoms with E-state index in [0.29, 0.717) is 26.1 Å². The number of anilines is 1. The van der Waals surface area contributed by atoms with E-state index in [1.54, 1.807) is 37.3 Å². The molecule has 0 radical (unpaired) electrons. The van der Waals surface area contributed by atoms with Crippen molar-refractivity contribution in [3.05, 3.63) is 47.0 Å². The summed E-state index contributed by atoms with van der Waals surface area (Å²) in [6.07, 6.45) is 0.402. The lowest BCUT2D eigenvalue weighted by Gasteiger charge is -2.15. The third-order valence-corrected chi connectivity index (χ3v) is 6.11. The Morgan fingerprint density at radius 1 is 1.26 bits per heavy atom. The molecule has 1 N–H and O–H groups in total. The first-order valence-corrected chi connectivity index (χ1v) is 11.1. The molecule has 0 saturated carbocycles. The van der Waals surface area contributed by atoms with Crippen LogP contribution in [0.1, 0.15) is 12.5 Å². The van der Waals surface area contributed by atoms with E-state index in [0.717, 1.165) is 11.8 Å². The molecule has 0 fully saturated rings. The summed E-state index contributed by atoms with van der Waals surface area (Å²) in [7, 11) is -3.30. The fraction of sp³-hybridized carbons (Fsp3) is 0.222. The first-order chi connectivity index (χ1) is 12.6. The van der Waals surface area contributed by atoms with Crippen LogP contribution in [0.4, 0.5) is 5.13 Å². The molecule has 2 aromatic carbocycles. The minimum absolute atomic E-state index is 0.214. The van der Waals surface area contributed by atoms with Gasteiger partial charge in [-0.15, -0.1) is 0 Å². The van der Waals surface area contributed by atoms with E-state index in [4.69, 9.17) is 16.3 Å². The van der Waals surface area contributed by atoms with Crippen molar-refractivity contribution in [1.82, 2.24) is 4.98 Å². The molecule has 0 bridgehead atoms. The van der Waals surface area contributed by atoms with Crippen LogP contribution in [0.25, 0.3) is 10.2 Å². The highest BCUT2D eigenvalue weighted by Gasteiger charge is 2.18. The summed E-state index contributed by atoms with van der Waals surface area (Å²) in [5, 5.41) is 3.68. The van der Waals surface area contributed by atoms with Gasteiger partial charge in [-0.1, -0.05) is 22.9 Å². The largest absolute Gasteiger partial charge is 0.481 e. The summed E-state index contributed by atoms with van der Waals surface area (Å²) in [5.41, 5.74) is 1.44. The molecular weight excluding hydrogens is 408 g/mol. The molecule has 3 aromatic rings. The fourth-order valence-electron chi connectivity index (χ4n) is 2.39. The predicted molar refractivity (Wildman–Crippen MR) is 108 cm³/mol. The van der Waals surface area contributed by atoms with Gasteiger partial charge < -0.3 is 4.74 Å². The van der Waals surface area contributed by atoms with Gasteiger partial charge in [0, 0.05) is 11.3 Å². The number of sulfone groups is 1. The van der Waals surface area contributed by atoms with Crippen LogP contribution in [0.2, 0.25) is 5.02 Å². The van der Waals surface area contributed by atoms with Gasteiger partial charge in [0.05, 0.1) is 15.1 Å². The number of ether oxygens (including phenoxy) is 1. The van der Waals surface area contributed by atoms with Crippen LogP contribution in [-0.2, 0) is 14.6 Å². The molecule has 0 unspecified atom stereocenters. The van der Waals surface area contributed by atoms with E-state index in [-0.39, 0.29) is 10.8 Å². The Bertz CT molecular complexity index is 1130. The molecule has 142 valence electrons. The molecule has 1 atom stereocenters. The molecule has 0 spiro atoms. The van der Waals surface area contributed by atoms with Crippen LogP contribution in [-0.4, -0.2) is 31.7 Å². The second kappa shape index (κ2) is 7.46. The van der Waals surface area contributed by atoms with Crippen molar-refractivity contribution >= 4 is 54.0 Å². The van der Waals surface area contributed by atoms with Crippen LogP contribution in [0.3, 0.4) is 0 Å². The Balaban J connectivity index is 1.75. The van der Waals surface area contributed by atoms with Crippen molar-refractivity contribution in [3.63, 3.8) is 0 Å². The molecule has 9 heteroatoms. The number of nitrogens with one attached hydrogen (secondary N) is 1. The first-order valence-electron chi connectivity index (χ1n) is 7.98. The van der Waals surface area contributed by atoms with Crippen molar-refractivity contribution < 1.29 is 17.9 Å². The van der Waals surface area contributed by atoms with Crippen molar-refractivity contribution in [2.24, 2.45) is 0 Å². The van der Waals surface area contributed by atoms with Gasteiger partial charge in [0.15, 0.2) is 21.1 Å². The molecule has 0 aliphatic heterocycles. The number of nitrogens with zero attached hydrogens (tertiary/aromatic N) is 1. The maximum atomic E-state index is 12.4. The molecular formula is C18H17ClN2O4S2. The minimum Gasteiger partial charge on any atom is -0.481 e. The lowest BCUT2D eigenvalue weighted by atomic mass is 10.2. The highest BCUT2D eigenvalue weighted by atomic mass is 35.5. The maximum Gasteiger partial charge on any atom is 0.266 e. The van der Waals surface area contributed by atoms with Gasteiger partial charge in [0.1, 0.15) is 5.75 Å². The lowest BCUT2D eigenvalue weighted by molar-refractivity contribution is -0.122. The van der Waals surface area contributed by atoms with Crippen LogP contribution in [0.5, 0.6) is 5.75 Å². The predicted octanol–water partition coefficient (Wildman–Crippen LogP) is 4.07. The highest BCUT2D eigenvalue weighted by Crippen LogP contribution is 2.28. The standard InChI is InChI=1S/C18H17ClN2O4S2/c1-10-8-12(19)4-7-15(10)25-11(2)17(22)21-18-20-14-6-5-13(27(3,23)24)9-16(14)26-18/h4-9,11H,1-3H3,(H,20,21,22)/t11-/m0/s1. The number of amides is 1. The Morgan fingerprint density at radius 2 is 2.00 bits per heavy atom. The number of thiazole rings is 1. The van der Waals surface area contributed by atoms with Crippen LogP contribution in [0, 0.1) is 6.92 Å². The summed E-state index contributed by atoms with van der Waals surface area (Å²) in [6, 6.07) is 9.84. The smallest absolute Gasteiger partial charge is 0.266 e. The second-order valence-corrected chi connectivity index (χ2v) is 9.56. The van der Waals surface area contributed by atoms with Crippen LogP contribution >= 0.6 is 22.9 Å². The van der Waals surface area contributed by atoms with Gasteiger partial charge in [-0.3, -0.25) is 10.1 Å². The zero-order valence-electron chi connectivity index (χ0n) is 14.8. The quantitative estimate of drug-likeness (QED) is 0.667. The summed E-state index contributed by atoms with van der Waals surface area (Å²) >= 11 is 7.13.